The third-order valence-electron chi connectivity index (χ3n) is 3.89. The number of hydrogen-bond donors (Lipinski definition) is 2. The zero-order valence-electron chi connectivity index (χ0n) is 11.6. The standard InChI is InChI=1S/C15H17ClN4O/c16-11-3-1-4-12(14(11)20-8-7-18-10-20)19-13(21)9-15(17)5-2-6-15/h1,3-4,7-8,10H,2,5-6,9,17H2,(H,19,21). The summed E-state index contributed by atoms with van der Waals surface area (Å²) in [5.74, 6) is -0.0826. The van der Waals surface area contributed by atoms with E-state index in [1.165, 1.54) is 0 Å². The van der Waals surface area contributed by atoms with Gasteiger partial charge in [-0.25, -0.2) is 4.98 Å². The van der Waals surface area contributed by atoms with Crippen molar-refractivity contribution in [2.75, 3.05) is 5.32 Å². The van der Waals surface area contributed by atoms with Crippen LogP contribution in [0, 0.1) is 0 Å². The van der Waals surface area contributed by atoms with Crippen LogP contribution in [0.3, 0.4) is 0 Å². The number of anilines is 1. The van der Waals surface area contributed by atoms with Crippen LogP contribution in [0.1, 0.15) is 25.7 Å². The van der Waals surface area contributed by atoms with Gasteiger partial charge < -0.3 is 15.6 Å². The molecule has 0 saturated heterocycles. The van der Waals surface area contributed by atoms with E-state index in [1.807, 2.05) is 6.07 Å². The van der Waals surface area contributed by atoms with Crippen LogP contribution in [-0.4, -0.2) is 21.0 Å². The van der Waals surface area contributed by atoms with Gasteiger partial charge in [0.05, 0.1) is 22.7 Å². The maximum absolute atomic E-state index is 12.2. The Labute approximate surface area is 128 Å². The number of nitrogens with zero attached hydrogens (tertiary/aromatic N) is 2. The first-order chi connectivity index (χ1) is 10.1. The zero-order chi connectivity index (χ0) is 14.9. The average Bonchev–Trinajstić information content (AvgIpc) is 2.90. The summed E-state index contributed by atoms with van der Waals surface area (Å²) in [7, 11) is 0. The number of carbonyl (C=O) groups is 1. The van der Waals surface area contributed by atoms with Gasteiger partial charge in [-0.15, -0.1) is 0 Å². The first-order valence-corrected chi connectivity index (χ1v) is 7.31. The predicted octanol–water partition coefficient (Wildman–Crippen LogP) is 2.74. The molecule has 1 saturated carbocycles. The van der Waals surface area contributed by atoms with Crippen LogP contribution >= 0.6 is 11.6 Å². The molecular weight excluding hydrogens is 288 g/mol. The van der Waals surface area contributed by atoms with Crippen molar-refractivity contribution in [3.05, 3.63) is 41.9 Å². The summed E-state index contributed by atoms with van der Waals surface area (Å²) in [6, 6.07) is 5.41. The van der Waals surface area contributed by atoms with E-state index >= 15 is 0 Å². The number of imidazole rings is 1. The second kappa shape index (κ2) is 5.50. The highest BCUT2D eigenvalue weighted by Gasteiger charge is 2.34. The fraction of sp³-hybridized carbons (Fsp3) is 0.333. The van der Waals surface area contributed by atoms with Gasteiger partial charge in [0.25, 0.3) is 0 Å². The Morgan fingerprint density at radius 1 is 1.48 bits per heavy atom. The van der Waals surface area contributed by atoms with E-state index < -0.39 is 0 Å². The van der Waals surface area contributed by atoms with Crippen LogP contribution in [-0.2, 0) is 4.79 Å². The summed E-state index contributed by atoms with van der Waals surface area (Å²) in [6.07, 6.45) is 8.34. The van der Waals surface area contributed by atoms with Gasteiger partial charge in [0.15, 0.2) is 0 Å². The summed E-state index contributed by atoms with van der Waals surface area (Å²) in [5.41, 5.74) is 7.16. The molecule has 1 amide bonds. The highest BCUT2D eigenvalue weighted by atomic mass is 35.5. The minimum atomic E-state index is -0.335. The molecule has 5 nitrogen and oxygen atoms in total. The van der Waals surface area contributed by atoms with Crippen LogP contribution in [0.15, 0.2) is 36.9 Å². The highest BCUT2D eigenvalue weighted by molar-refractivity contribution is 6.33. The molecule has 1 fully saturated rings. The first-order valence-electron chi connectivity index (χ1n) is 6.93. The third kappa shape index (κ3) is 2.94. The Hall–Kier alpha value is -1.85. The lowest BCUT2D eigenvalue weighted by molar-refractivity contribution is -0.118. The number of para-hydroxylation sites is 1. The number of benzene rings is 1. The van der Waals surface area contributed by atoms with Crippen LogP contribution in [0.2, 0.25) is 5.02 Å². The summed E-state index contributed by atoms with van der Waals surface area (Å²) >= 11 is 6.25. The number of halogens is 1. The van der Waals surface area contributed by atoms with Crippen LogP contribution in [0.4, 0.5) is 5.69 Å². The fourth-order valence-corrected chi connectivity index (χ4v) is 2.86. The molecule has 0 aliphatic heterocycles. The predicted molar refractivity (Wildman–Crippen MR) is 82.6 cm³/mol. The van der Waals surface area contributed by atoms with E-state index in [9.17, 15) is 4.79 Å². The molecule has 3 N–H and O–H groups in total. The normalized spacial score (nSPS) is 16.3. The van der Waals surface area contributed by atoms with Gasteiger partial charge in [-0.3, -0.25) is 4.79 Å². The van der Waals surface area contributed by atoms with Gasteiger partial charge in [0, 0.05) is 24.4 Å². The summed E-state index contributed by atoms with van der Waals surface area (Å²) in [4.78, 5) is 16.2. The lowest BCUT2D eigenvalue weighted by Gasteiger charge is -2.37. The molecule has 21 heavy (non-hydrogen) atoms. The summed E-state index contributed by atoms with van der Waals surface area (Å²) in [6.45, 7) is 0. The lowest BCUT2D eigenvalue weighted by atomic mass is 9.75. The number of nitrogens with one attached hydrogen (secondary N) is 1. The molecule has 6 heteroatoms. The third-order valence-corrected chi connectivity index (χ3v) is 4.19. The molecule has 1 aromatic carbocycles. The molecule has 0 radical (unpaired) electrons. The quantitative estimate of drug-likeness (QED) is 0.912. The average molecular weight is 305 g/mol. The van der Waals surface area contributed by atoms with E-state index in [0.29, 0.717) is 22.8 Å². The molecule has 1 aliphatic rings. The van der Waals surface area contributed by atoms with Gasteiger partial charge >= 0.3 is 0 Å². The molecular formula is C15H17ClN4O. The number of nitrogens with two attached hydrogens (primary N) is 1. The number of carbonyl (C=O) groups excluding carboxylic acids is 1. The molecule has 1 aliphatic carbocycles. The van der Waals surface area contributed by atoms with Gasteiger partial charge in [0.2, 0.25) is 5.91 Å². The number of hydrogen-bond acceptors (Lipinski definition) is 3. The monoisotopic (exact) mass is 304 g/mol. The van der Waals surface area contributed by atoms with Crippen LogP contribution in [0.5, 0.6) is 0 Å². The lowest BCUT2D eigenvalue weighted by Crippen LogP contribution is -2.48. The number of aromatic nitrogens is 2. The molecule has 3 rings (SSSR count). The number of amides is 1. The van der Waals surface area contributed by atoms with Crippen molar-refractivity contribution >= 4 is 23.2 Å². The van der Waals surface area contributed by atoms with E-state index in [1.54, 1.807) is 35.4 Å². The Kier molecular flexibility index (Phi) is 3.69. The van der Waals surface area contributed by atoms with E-state index in [0.717, 1.165) is 19.3 Å². The summed E-state index contributed by atoms with van der Waals surface area (Å²) < 4.78 is 1.78. The van der Waals surface area contributed by atoms with Crippen molar-refractivity contribution in [3.8, 4) is 5.69 Å². The molecule has 0 atom stereocenters. The second-order valence-corrected chi connectivity index (χ2v) is 5.95. The van der Waals surface area contributed by atoms with Crippen molar-refractivity contribution in [2.45, 2.75) is 31.2 Å². The van der Waals surface area contributed by atoms with Crippen LogP contribution < -0.4 is 11.1 Å². The van der Waals surface area contributed by atoms with E-state index in [2.05, 4.69) is 10.3 Å². The SMILES string of the molecule is NC1(CC(=O)Nc2cccc(Cl)c2-n2ccnc2)CCC1. The topological polar surface area (TPSA) is 72.9 Å². The van der Waals surface area contributed by atoms with Crippen molar-refractivity contribution in [1.29, 1.82) is 0 Å². The molecule has 0 bridgehead atoms. The Balaban J connectivity index is 1.82. The van der Waals surface area contributed by atoms with Crippen molar-refractivity contribution in [1.82, 2.24) is 9.55 Å². The largest absolute Gasteiger partial charge is 0.325 e. The smallest absolute Gasteiger partial charge is 0.226 e. The first kappa shape index (κ1) is 14.1. The van der Waals surface area contributed by atoms with Gasteiger partial charge in [-0.2, -0.15) is 0 Å². The molecule has 0 spiro atoms. The second-order valence-electron chi connectivity index (χ2n) is 5.55. The van der Waals surface area contributed by atoms with Crippen molar-refractivity contribution in [2.24, 2.45) is 5.73 Å². The minimum absolute atomic E-state index is 0.0826. The zero-order valence-corrected chi connectivity index (χ0v) is 12.3. The Bertz CT molecular complexity index is 650. The maximum Gasteiger partial charge on any atom is 0.226 e. The van der Waals surface area contributed by atoms with Gasteiger partial charge in [-0.05, 0) is 31.4 Å². The highest BCUT2D eigenvalue weighted by Crippen LogP contribution is 2.33. The maximum atomic E-state index is 12.2. The molecule has 2 aromatic rings. The fourth-order valence-electron chi connectivity index (χ4n) is 2.59. The van der Waals surface area contributed by atoms with E-state index in [4.69, 9.17) is 17.3 Å². The summed E-state index contributed by atoms with van der Waals surface area (Å²) in [5, 5.41) is 3.46. The van der Waals surface area contributed by atoms with Crippen molar-refractivity contribution in [3.63, 3.8) is 0 Å². The van der Waals surface area contributed by atoms with Crippen molar-refractivity contribution < 1.29 is 4.79 Å². The Morgan fingerprint density at radius 2 is 2.29 bits per heavy atom. The van der Waals surface area contributed by atoms with Gasteiger partial charge in [0.1, 0.15) is 0 Å². The molecule has 1 heterocycles. The van der Waals surface area contributed by atoms with Crippen LogP contribution in [0.25, 0.3) is 5.69 Å². The number of rotatable bonds is 4. The molecule has 110 valence electrons. The molecule has 1 aromatic heterocycles. The van der Waals surface area contributed by atoms with E-state index in [-0.39, 0.29) is 11.4 Å². The minimum Gasteiger partial charge on any atom is -0.325 e. The molecule has 0 unspecified atom stereocenters. The Morgan fingerprint density at radius 3 is 2.90 bits per heavy atom. The van der Waals surface area contributed by atoms with Gasteiger partial charge in [-0.1, -0.05) is 17.7 Å².